The molecule has 0 saturated carbocycles. The van der Waals surface area contributed by atoms with Gasteiger partial charge in [-0.15, -0.1) is 10.2 Å². The summed E-state index contributed by atoms with van der Waals surface area (Å²) in [5, 5.41) is 8.92. The molecule has 0 radical (unpaired) electrons. The van der Waals surface area contributed by atoms with Gasteiger partial charge in [-0.3, -0.25) is 0 Å². The maximum atomic E-state index is 12.3. The first-order valence-electron chi connectivity index (χ1n) is 8.80. The minimum absolute atomic E-state index is 0.140. The van der Waals surface area contributed by atoms with Crippen LogP contribution < -0.4 is 5.63 Å². The quantitative estimate of drug-likeness (QED) is 0.412. The minimum atomic E-state index is -0.506. The van der Waals surface area contributed by atoms with Crippen LogP contribution in [0.1, 0.15) is 0 Å². The summed E-state index contributed by atoms with van der Waals surface area (Å²) in [6, 6.07) is 26.9. The second-order valence-electron chi connectivity index (χ2n) is 6.34. The van der Waals surface area contributed by atoms with Crippen LogP contribution in [0.3, 0.4) is 0 Å². The lowest BCUT2D eigenvalue weighted by Crippen LogP contribution is -2.02. The topological polar surface area (TPSA) is 69.1 Å². The number of hydrogen-bond donors (Lipinski definition) is 0. The predicted molar refractivity (Wildman–Crippen MR) is 107 cm³/mol. The lowest BCUT2D eigenvalue weighted by Gasteiger charge is -2.02. The van der Waals surface area contributed by atoms with E-state index in [0.717, 1.165) is 22.1 Å². The molecule has 0 aliphatic heterocycles. The zero-order valence-corrected chi connectivity index (χ0v) is 14.7. The van der Waals surface area contributed by atoms with E-state index in [1.54, 1.807) is 12.1 Å². The third-order valence-electron chi connectivity index (χ3n) is 4.54. The smallest absolute Gasteiger partial charge is 0.349 e. The highest BCUT2D eigenvalue weighted by molar-refractivity contribution is 5.80. The van der Waals surface area contributed by atoms with Gasteiger partial charge in [0.15, 0.2) is 0 Å². The summed E-state index contributed by atoms with van der Waals surface area (Å²) in [5.74, 6) is 0.490. The van der Waals surface area contributed by atoms with Crippen molar-refractivity contribution in [1.82, 2.24) is 10.2 Å². The van der Waals surface area contributed by atoms with Crippen LogP contribution in [0.2, 0.25) is 0 Å². The number of fused-ring (bicyclic) bond motifs is 1. The summed E-state index contributed by atoms with van der Waals surface area (Å²) < 4.78 is 11.1. The van der Waals surface area contributed by atoms with Crippen LogP contribution >= 0.6 is 0 Å². The first-order chi connectivity index (χ1) is 13.8. The molecule has 0 aliphatic carbocycles. The molecule has 3 aromatic carbocycles. The third kappa shape index (κ3) is 2.89. The highest BCUT2D eigenvalue weighted by Gasteiger charge is 2.15. The predicted octanol–water partition coefficient (Wildman–Crippen LogP) is 5.18. The molecule has 5 aromatic rings. The normalized spacial score (nSPS) is 11.0. The molecule has 0 spiro atoms. The third-order valence-corrected chi connectivity index (χ3v) is 4.54. The van der Waals surface area contributed by atoms with E-state index in [1.807, 2.05) is 60.7 Å². The van der Waals surface area contributed by atoms with Crippen LogP contribution in [0.5, 0.6) is 0 Å². The van der Waals surface area contributed by atoms with Gasteiger partial charge in [0.1, 0.15) is 11.1 Å². The fraction of sp³-hybridized carbons (Fsp3) is 0. The Balaban J connectivity index is 1.50. The lowest BCUT2D eigenvalue weighted by atomic mass is 10.0. The molecular weight excluding hydrogens is 352 g/mol. The number of aromatic nitrogens is 2. The zero-order valence-electron chi connectivity index (χ0n) is 14.7. The van der Waals surface area contributed by atoms with Crippen molar-refractivity contribution in [1.29, 1.82) is 0 Å². The Morgan fingerprint density at radius 2 is 1.25 bits per heavy atom. The number of benzene rings is 3. The van der Waals surface area contributed by atoms with Gasteiger partial charge in [0, 0.05) is 10.9 Å². The molecule has 0 N–H and O–H groups in total. The van der Waals surface area contributed by atoms with E-state index in [-0.39, 0.29) is 11.5 Å². The maximum absolute atomic E-state index is 12.3. The SMILES string of the molecule is O=c1oc2ccccc2cc1-c1nnc(-c2ccc(-c3ccccc3)cc2)o1. The highest BCUT2D eigenvalue weighted by Crippen LogP contribution is 2.26. The largest absolute Gasteiger partial charge is 0.422 e. The van der Waals surface area contributed by atoms with Crippen molar-refractivity contribution in [3.8, 4) is 34.0 Å². The van der Waals surface area contributed by atoms with Crippen LogP contribution in [0.25, 0.3) is 45.0 Å². The van der Waals surface area contributed by atoms with E-state index in [9.17, 15) is 4.79 Å². The monoisotopic (exact) mass is 366 g/mol. The average molecular weight is 366 g/mol. The Labute approximate surface area is 159 Å². The average Bonchev–Trinajstić information content (AvgIpc) is 3.24. The van der Waals surface area contributed by atoms with Gasteiger partial charge in [-0.05, 0) is 35.4 Å². The van der Waals surface area contributed by atoms with Crippen molar-refractivity contribution in [2.75, 3.05) is 0 Å². The Morgan fingerprint density at radius 1 is 0.607 bits per heavy atom. The summed E-state index contributed by atoms with van der Waals surface area (Å²) in [6.45, 7) is 0. The molecular formula is C23H14N2O3. The molecule has 0 unspecified atom stereocenters. The Morgan fingerprint density at radius 3 is 2.07 bits per heavy atom. The Hall–Kier alpha value is -3.99. The van der Waals surface area contributed by atoms with Crippen molar-refractivity contribution < 1.29 is 8.83 Å². The molecule has 0 aliphatic rings. The highest BCUT2D eigenvalue weighted by atomic mass is 16.4. The van der Waals surface area contributed by atoms with Gasteiger partial charge >= 0.3 is 5.63 Å². The molecule has 0 amide bonds. The van der Waals surface area contributed by atoms with Gasteiger partial charge in [-0.2, -0.15) is 0 Å². The van der Waals surface area contributed by atoms with Crippen molar-refractivity contribution in [2.45, 2.75) is 0 Å². The molecule has 0 atom stereocenters. The van der Waals surface area contributed by atoms with Crippen LogP contribution in [-0.2, 0) is 0 Å². The van der Waals surface area contributed by atoms with E-state index >= 15 is 0 Å². The molecule has 5 nitrogen and oxygen atoms in total. The summed E-state index contributed by atoms with van der Waals surface area (Å²) in [4.78, 5) is 12.3. The fourth-order valence-electron chi connectivity index (χ4n) is 3.10. The molecule has 2 aromatic heterocycles. The molecule has 28 heavy (non-hydrogen) atoms. The number of para-hydroxylation sites is 1. The van der Waals surface area contributed by atoms with Gasteiger partial charge in [0.05, 0.1) is 0 Å². The van der Waals surface area contributed by atoms with Gasteiger partial charge in [-0.1, -0.05) is 60.7 Å². The molecule has 0 fully saturated rings. The Kier molecular flexibility index (Phi) is 3.84. The minimum Gasteiger partial charge on any atom is -0.422 e. The molecule has 5 heteroatoms. The van der Waals surface area contributed by atoms with Crippen molar-refractivity contribution in [3.05, 3.63) is 95.3 Å². The molecule has 2 heterocycles. The fourth-order valence-corrected chi connectivity index (χ4v) is 3.10. The van der Waals surface area contributed by atoms with Crippen LogP contribution in [-0.4, -0.2) is 10.2 Å². The summed E-state index contributed by atoms with van der Waals surface area (Å²) in [6.07, 6.45) is 0. The van der Waals surface area contributed by atoms with Crippen molar-refractivity contribution in [2.24, 2.45) is 0 Å². The molecule has 0 bridgehead atoms. The van der Waals surface area contributed by atoms with E-state index < -0.39 is 5.63 Å². The van der Waals surface area contributed by atoms with Crippen LogP contribution in [0.4, 0.5) is 0 Å². The lowest BCUT2D eigenvalue weighted by molar-refractivity contribution is 0.547. The second-order valence-corrected chi connectivity index (χ2v) is 6.34. The van der Waals surface area contributed by atoms with E-state index in [0.29, 0.717) is 11.5 Å². The van der Waals surface area contributed by atoms with E-state index in [4.69, 9.17) is 8.83 Å². The van der Waals surface area contributed by atoms with Gasteiger partial charge in [0.2, 0.25) is 5.89 Å². The zero-order chi connectivity index (χ0) is 18.9. The summed E-state index contributed by atoms with van der Waals surface area (Å²) >= 11 is 0. The Bertz CT molecular complexity index is 1320. The van der Waals surface area contributed by atoms with Crippen LogP contribution in [0.15, 0.2) is 98.6 Å². The molecule has 134 valence electrons. The van der Waals surface area contributed by atoms with E-state index in [1.165, 1.54) is 0 Å². The van der Waals surface area contributed by atoms with E-state index in [2.05, 4.69) is 22.3 Å². The van der Waals surface area contributed by atoms with Crippen LogP contribution in [0, 0.1) is 0 Å². The summed E-state index contributed by atoms with van der Waals surface area (Å²) in [5.41, 5.74) is 3.27. The number of hydrogen-bond acceptors (Lipinski definition) is 5. The molecule has 0 saturated heterocycles. The van der Waals surface area contributed by atoms with Gasteiger partial charge in [0.25, 0.3) is 5.89 Å². The number of rotatable bonds is 3. The second kappa shape index (κ2) is 6.63. The van der Waals surface area contributed by atoms with Gasteiger partial charge in [-0.25, -0.2) is 4.79 Å². The maximum Gasteiger partial charge on any atom is 0.349 e. The van der Waals surface area contributed by atoms with Crippen molar-refractivity contribution >= 4 is 11.0 Å². The first kappa shape index (κ1) is 16.2. The first-order valence-corrected chi connectivity index (χ1v) is 8.80. The number of nitrogens with zero attached hydrogens (tertiary/aromatic N) is 2. The van der Waals surface area contributed by atoms with Gasteiger partial charge < -0.3 is 8.83 Å². The standard InChI is InChI=1S/C23H14N2O3/c26-23-19(14-18-8-4-5-9-20(18)27-23)22-25-24-21(28-22)17-12-10-16(11-13-17)15-6-2-1-3-7-15/h1-14H. The molecule has 5 rings (SSSR count). The van der Waals surface area contributed by atoms with Crippen molar-refractivity contribution in [3.63, 3.8) is 0 Å². The summed E-state index contributed by atoms with van der Waals surface area (Å²) in [7, 11) is 0.